The fourth-order valence-corrected chi connectivity index (χ4v) is 8.78. The normalized spacial score (nSPS) is 30.3. The molecule has 6 rings (SSSR count). The molecule has 2 fully saturated rings. The van der Waals surface area contributed by atoms with E-state index in [1.165, 1.54) is 4.90 Å². The van der Waals surface area contributed by atoms with E-state index in [0.29, 0.717) is 23.0 Å². The van der Waals surface area contributed by atoms with Crippen molar-refractivity contribution >= 4 is 45.3 Å². The molecule has 260 valence electrons. The monoisotopic (exact) mass is 733 g/mol. The van der Waals surface area contributed by atoms with Crippen LogP contribution in [0.25, 0.3) is 0 Å². The van der Waals surface area contributed by atoms with E-state index < -0.39 is 59.5 Å². The summed E-state index contributed by atoms with van der Waals surface area (Å²) in [4.78, 5) is 60.5. The smallest absolute Gasteiger partial charge is 0.306 e. The lowest BCUT2D eigenvalue weighted by Crippen LogP contribution is -2.59. The standard InChI is InChI=1S/C38H44BrN3O7/c1-22(2)18-26(20-43)42-34-37(47)41(32-23(3)12-11-13-24(32)4)17-10-6-9-16-29(44)48-21-28(25-14-7-5-8-15-25)40-35(45)30-31(36(42)46)38(34)19-27(39)33(30)49-38/h5-8,10-15,19,22,26,28,30-31,33-34,43H,9,16-18,20-21H2,1-4H3,(H,40,45)/b10-6-/t26-,28-,30-,31+,33-,34-,38+/m1/s1. The molecule has 4 aliphatic rings. The van der Waals surface area contributed by atoms with Gasteiger partial charge in [0.15, 0.2) is 0 Å². The lowest BCUT2D eigenvalue weighted by Gasteiger charge is -2.39. The minimum absolute atomic E-state index is 0.0914. The van der Waals surface area contributed by atoms with Gasteiger partial charge in [0.25, 0.3) is 5.91 Å². The van der Waals surface area contributed by atoms with Crippen LogP contribution in [-0.4, -0.2) is 77.2 Å². The largest absolute Gasteiger partial charge is 0.463 e. The Morgan fingerprint density at radius 2 is 1.71 bits per heavy atom. The van der Waals surface area contributed by atoms with Crippen molar-refractivity contribution < 1.29 is 33.8 Å². The Morgan fingerprint density at radius 3 is 2.39 bits per heavy atom. The van der Waals surface area contributed by atoms with Crippen LogP contribution in [0.15, 0.2) is 71.2 Å². The summed E-state index contributed by atoms with van der Waals surface area (Å²) >= 11 is 3.63. The quantitative estimate of drug-likeness (QED) is 0.327. The second-order valence-electron chi connectivity index (χ2n) is 13.9. The second kappa shape index (κ2) is 14.2. The molecule has 0 radical (unpaired) electrons. The van der Waals surface area contributed by atoms with E-state index in [2.05, 4.69) is 21.2 Å². The molecule has 4 aliphatic heterocycles. The summed E-state index contributed by atoms with van der Waals surface area (Å²) in [5, 5.41) is 13.8. The number of aliphatic hydroxyl groups is 1. The number of anilines is 1. The van der Waals surface area contributed by atoms with Gasteiger partial charge in [0.1, 0.15) is 24.4 Å². The molecule has 2 aromatic carbocycles. The molecule has 2 saturated heterocycles. The molecule has 5 bridgehead atoms. The number of aliphatic hydroxyl groups excluding tert-OH is 1. The highest BCUT2D eigenvalue weighted by atomic mass is 79.9. The molecule has 2 N–H and O–H groups in total. The predicted molar refractivity (Wildman–Crippen MR) is 187 cm³/mol. The van der Waals surface area contributed by atoms with Crippen LogP contribution in [0.3, 0.4) is 0 Å². The number of cyclic esters (lactones) is 1. The fraction of sp³-hybridized carbons (Fsp3) is 0.474. The van der Waals surface area contributed by atoms with E-state index in [1.807, 2.05) is 88.4 Å². The number of carbonyl (C=O) groups excluding carboxylic acids is 4. The number of halogens is 1. The van der Waals surface area contributed by atoms with Crippen molar-refractivity contribution in [2.24, 2.45) is 17.8 Å². The van der Waals surface area contributed by atoms with Crippen LogP contribution in [0, 0.1) is 31.6 Å². The van der Waals surface area contributed by atoms with Gasteiger partial charge in [0, 0.05) is 23.1 Å². The Kier molecular flexibility index (Phi) is 10.2. The second-order valence-corrected chi connectivity index (χ2v) is 14.8. The number of nitrogens with zero attached hydrogens (tertiary/aromatic N) is 2. The highest BCUT2D eigenvalue weighted by Gasteiger charge is 2.75. The molecular weight excluding hydrogens is 690 g/mol. The highest BCUT2D eigenvalue weighted by Crippen LogP contribution is 2.59. The first-order valence-electron chi connectivity index (χ1n) is 17.0. The Morgan fingerprint density at radius 1 is 1.00 bits per heavy atom. The number of benzene rings is 2. The van der Waals surface area contributed by atoms with Crippen LogP contribution < -0.4 is 10.2 Å². The van der Waals surface area contributed by atoms with Crippen LogP contribution in [0.1, 0.15) is 55.8 Å². The number of esters is 1. The van der Waals surface area contributed by atoms with Gasteiger partial charge in [0.2, 0.25) is 11.8 Å². The van der Waals surface area contributed by atoms with E-state index in [-0.39, 0.29) is 38.0 Å². The number of hydrogen-bond acceptors (Lipinski definition) is 7. The number of ether oxygens (including phenoxy) is 2. The SMILES string of the molecule is Cc1cccc(C)c1N1C/C=C\CCC(=O)OC[C@H](c2ccccc2)NC(=O)[C@H]2[C@@H]3O[C@@]4(C=C3Br)[C@@H]2C(=O)N([C@@H](CO)CC(C)C)[C@@H]4C1=O. The molecular formula is C38H44BrN3O7. The Hall–Kier alpha value is -3.80. The van der Waals surface area contributed by atoms with E-state index in [4.69, 9.17) is 9.47 Å². The van der Waals surface area contributed by atoms with Crippen molar-refractivity contribution in [1.82, 2.24) is 10.2 Å². The van der Waals surface area contributed by atoms with Gasteiger partial charge in [-0.25, -0.2) is 0 Å². The Balaban J connectivity index is 1.51. The predicted octanol–water partition coefficient (Wildman–Crippen LogP) is 4.67. The third kappa shape index (κ3) is 6.37. The van der Waals surface area contributed by atoms with Crippen LogP contribution in [0.5, 0.6) is 0 Å². The average molecular weight is 735 g/mol. The van der Waals surface area contributed by atoms with Crippen molar-refractivity contribution in [3.63, 3.8) is 0 Å². The molecule has 2 aromatic rings. The van der Waals surface area contributed by atoms with Gasteiger partial charge in [-0.15, -0.1) is 0 Å². The summed E-state index contributed by atoms with van der Waals surface area (Å²) in [5.41, 5.74) is 1.73. The Labute approximate surface area is 295 Å². The third-order valence-electron chi connectivity index (χ3n) is 10.1. The number of amides is 3. The zero-order valence-corrected chi connectivity index (χ0v) is 29.9. The van der Waals surface area contributed by atoms with Crippen molar-refractivity contribution in [3.05, 3.63) is 87.9 Å². The lowest BCUT2D eigenvalue weighted by molar-refractivity contribution is -0.146. The van der Waals surface area contributed by atoms with Crippen LogP contribution >= 0.6 is 15.9 Å². The van der Waals surface area contributed by atoms with E-state index >= 15 is 4.79 Å². The number of nitrogens with one attached hydrogen (secondary N) is 1. The maximum Gasteiger partial charge on any atom is 0.306 e. The van der Waals surface area contributed by atoms with E-state index in [0.717, 1.165) is 16.7 Å². The number of fused-ring (bicyclic) bond motifs is 2. The number of carbonyl (C=O) groups is 4. The summed E-state index contributed by atoms with van der Waals surface area (Å²) in [6.07, 6.45) is 5.65. The molecule has 0 saturated carbocycles. The van der Waals surface area contributed by atoms with Crippen molar-refractivity contribution in [2.45, 2.75) is 76.8 Å². The van der Waals surface area contributed by atoms with Gasteiger partial charge < -0.3 is 29.7 Å². The lowest BCUT2D eigenvalue weighted by atomic mass is 9.74. The molecule has 11 heteroatoms. The maximum atomic E-state index is 15.3. The minimum atomic E-state index is -1.47. The summed E-state index contributed by atoms with van der Waals surface area (Å²) in [6, 6.07) is 12.5. The van der Waals surface area contributed by atoms with Crippen LogP contribution in [-0.2, 0) is 28.7 Å². The molecule has 1 spiro atoms. The van der Waals surface area contributed by atoms with Crippen LogP contribution in [0.4, 0.5) is 5.69 Å². The topological polar surface area (TPSA) is 125 Å². The zero-order chi connectivity index (χ0) is 35.0. The van der Waals surface area contributed by atoms with Gasteiger partial charge in [0.05, 0.1) is 30.5 Å². The number of hydrogen-bond donors (Lipinski definition) is 2. The fourth-order valence-electron chi connectivity index (χ4n) is 8.04. The van der Waals surface area contributed by atoms with Crippen LogP contribution in [0.2, 0.25) is 0 Å². The first kappa shape index (κ1) is 35.0. The first-order chi connectivity index (χ1) is 23.5. The summed E-state index contributed by atoms with van der Waals surface area (Å²) in [7, 11) is 0. The average Bonchev–Trinajstić information content (AvgIpc) is 3.67. The number of aryl methyl sites for hydroxylation is 2. The van der Waals surface area contributed by atoms with E-state index in [1.54, 1.807) is 11.0 Å². The number of para-hydroxylation sites is 1. The van der Waals surface area contributed by atoms with E-state index in [9.17, 15) is 19.5 Å². The summed E-state index contributed by atoms with van der Waals surface area (Å²) in [6.45, 7) is 7.59. The summed E-state index contributed by atoms with van der Waals surface area (Å²) < 4.78 is 13.0. The number of rotatable bonds is 6. The zero-order valence-electron chi connectivity index (χ0n) is 28.3. The van der Waals surface area contributed by atoms with Gasteiger partial charge in [-0.2, -0.15) is 0 Å². The molecule has 0 aliphatic carbocycles. The Bertz CT molecular complexity index is 1660. The van der Waals surface area contributed by atoms with Crippen molar-refractivity contribution in [3.8, 4) is 0 Å². The number of allylic oxidation sites excluding steroid dienone is 1. The van der Waals surface area contributed by atoms with Gasteiger partial charge in [-0.1, -0.05) is 90.5 Å². The van der Waals surface area contributed by atoms with Gasteiger partial charge >= 0.3 is 5.97 Å². The molecule has 0 aromatic heterocycles. The maximum absolute atomic E-state index is 15.3. The number of likely N-dealkylation sites (tertiary alicyclic amines) is 1. The molecule has 49 heavy (non-hydrogen) atoms. The molecule has 0 unspecified atom stereocenters. The highest BCUT2D eigenvalue weighted by molar-refractivity contribution is 9.11. The molecule has 7 atom stereocenters. The van der Waals surface area contributed by atoms with Gasteiger partial charge in [-0.05, 0) is 55.4 Å². The minimum Gasteiger partial charge on any atom is -0.463 e. The molecule has 10 nitrogen and oxygen atoms in total. The van der Waals surface area contributed by atoms with Gasteiger partial charge in [-0.3, -0.25) is 19.2 Å². The molecule has 4 heterocycles. The van der Waals surface area contributed by atoms with Crippen molar-refractivity contribution in [1.29, 1.82) is 0 Å². The van der Waals surface area contributed by atoms with Crippen molar-refractivity contribution in [2.75, 3.05) is 24.7 Å². The molecule has 3 amide bonds. The first-order valence-corrected chi connectivity index (χ1v) is 17.8. The summed E-state index contributed by atoms with van der Waals surface area (Å²) in [5.74, 6) is -3.55. The third-order valence-corrected chi connectivity index (χ3v) is 10.8.